The molecule has 1 nitrogen and oxygen atoms in total. The smallest absolute Gasteiger partial charge is 0.250 e. The van der Waals surface area contributed by atoms with Gasteiger partial charge < -0.3 is 4.43 Å². The van der Waals surface area contributed by atoms with Gasteiger partial charge in [0, 0.05) is 11.1 Å². The van der Waals surface area contributed by atoms with Gasteiger partial charge in [-0.1, -0.05) is 44.7 Å². The molecule has 2 aromatic rings. The van der Waals surface area contributed by atoms with Crippen molar-refractivity contribution in [1.29, 1.82) is 0 Å². The summed E-state index contributed by atoms with van der Waals surface area (Å²) >= 11 is 0. The van der Waals surface area contributed by atoms with Crippen LogP contribution in [0, 0.1) is 17.7 Å². The Morgan fingerprint density at radius 1 is 0.913 bits per heavy atom. The Morgan fingerprint density at radius 3 is 2.04 bits per heavy atom. The van der Waals surface area contributed by atoms with E-state index in [1.165, 1.54) is 12.1 Å². The number of hydrogen-bond acceptors (Lipinski definition) is 1. The molecule has 3 heteroatoms. The van der Waals surface area contributed by atoms with Gasteiger partial charge in [-0.05, 0) is 54.5 Å². The second-order valence-corrected chi connectivity index (χ2v) is 11.9. The molecule has 2 rings (SSSR count). The first-order valence-electron chi connectivity index (χ1n) is 7.74. The third-order valence-electron chi connectivity index (χ3n) is 4.19. The normalized spacial score (nSPS) is 11.6. The predicted molar refractivity (Wildman–Crippen MR) is 96.6 cm³/mol. The van der Waals surface area contributed by atoms with E-state index >= 15 is 0 Å². The van der Waals surface area contributed by atoms with E-state index in [2.05, 4.69) is 45.7 Å². The van der Waals surface area contributed by atoms with E-state index in [1.54, 1.807) is 12.1 Å². The van der Waals surface area contributed by atoms with Crippen molar-refractivity contribution in [2.75, 3.05) is 0 Å². The highest BCUT2D eigenvalue weighted by Crippen LogP contribution is 2.37. The van der Waals surface area contributed by atoms with E-state index in [-0.39, 0.29) is 10.9 Å². The van der Waals surface area contributed by atoms with Crippen LogP contribution >= 0.6 is 0 Å². The first-order chi connectivity index (χ1) is 10.7. The van der Waals surface area contributed by atoms with Gasteiger partial charge in [-0.25, -0.2) is 4.39 Å². The minimum absolute atomic E-state index is 0.149. The molecule has 0 heterocycles. The van der Waals surface area contributed by atoms with Crippen molar-refractivity contribution in [3.05, 3.63) is 65.5 Å². The van der Waals surface area contributed by atoms with Crippen molar-refractivity contribution in [1.82, 2.24) is 0 Å². The van der Waals surface area contributed by atoms with Gasteiger partial charge in [0.25, 0.3) is 0 Å². The van der Waals surface area contributed by atoms with Gasteiger partial charge in [-0.2, -0.15) is 0 Å². The zero-order valence-corrected chi connectivity index (χ0v) is 15.4. The van der Waals surface area contributed by atoms with Crippen LogP contribution in [0.1, 0.15) is 31.9 Å². The molecular formula is C20H23FOSi. The van der Waals surface area contributed by atoms with E-state index in [0.29, 0.717) is 5.56 Å². The minimum atomic E-state index is -1.86. The largest absolute Gasteiger partial charge is 0.543 e. The molecule has 120 valence electrons. The molecule has 0 bridgehead atoms. The average Bonchev–Trinajstić information content (AvgIpc) is 2.44. The molecule has 0 unspecified atom stereocenters. The van der Waals surface area contributed by atoms with Crippen LogP contribution in [0.15, 0.2) is 48.5 Å². The summed E-state index contributed by atoms with van der Waals surface area (Å²) in [7, 11) is -1.86. The summed E-state index contributed by atoms with van der Waals surface area (Å²) in [6.45, 7) is 11.1. The second-order valence-electron chi connectivity index (χ2n) is 7.15. The molecule has 0 fully saturated rings. The highest BCUT2D eigenvalue weighted by molar-refractivity contribution is 6.74. The molecule has 0 N–H and O–H groups in total. The van der Waals surface area contributed by atoms with E-state index in [1.807, 2.05) is 24.3 Å². The van der Waals surface area contributed by atoms with Crippen LogP contribution in [-0.4, -0.2) is 8.32 Å². The van der Waals surface area contributed by atoms with E-state index < -0.39 is 8.32 Å². The fourth-order valence-electron chi connectivity index (χ4n) is 1.80. The molecule has 2 aromatic carbocycles. The van der Waals surface area contributed by atoms with Crippen LogP contribution < -0.4 is 4.43 Å². The Morgan fingerprint density at radius 2 is 1.48 bits per heavy atom. The van der Waals surface area contributed by atoms with Crippen molar-refractivity contribution < 1.29 is 8.82 Å². The van der Waals surface area contributed by atoms with Crippen molar-refractivity contribution in [3.8, 4) is 17.6 Å². The molecule has 0 aliphatic rings. The van der Waals surface area contributed by atoms with Gasteiger partial charge >= 0.3 is 0 Å². The monoisotopic (exact) mass is 326 g/mol. The van der Waals surface area contributed by atoms with Crippen molar-refractivity contribution >= 4 is 8.32 Å². The zero-order chi connectivity index (χ0) is 17.1. The van der Waals surface area contributed by atoms with E-state index in [0.717, 1.165) is 11.3 Å². The zero-order valence-electron chi connectivity index (χ0n) is 14.4. The summed E-state index contributed by atoms with van der Waals surface area (Å²) in [5.41, 5.74) is 1.53. The van der Waals surface area contributed by atoms with Crippen molar-refractivity contribution in [2.24, 2.45) is 0 Å². The van der Waals surface area contributed by atoms with Crippen LogP contribution in [0.5, 0.6) is 5.75 Å². The first kappa shape index (κ1) is 17.3. The second kappa shape index (κ2) is 6.60. The molecule has 0 aromatic heterocycles. The topological polar surface area (TPSA) is 9.23 Å². The fourth-order valence-corrected chi connectivity index (χ4v) is 2.82. The lowest BCUT2D eigenvalue weighted by Crippen LogP contribution is -2.43. The molecule has 0 saturated carbocycles. The number of hydrogen-bond donors (Lipinski definition) is 0. The summed E-state index contributed by atoms with van der Waals surface area (Å²) in [6, 6.07) is 14.1. The summed E-state index contributed by atoms with van der Waals surface area (Å²) in [5, 5.41) is 0.149. The van der Waals surface area contributed by atoms with E-state index in [9.17, 15) is 4.39 Å². The van der Waals surface area contributed by atoms with Gasteiger partial charge in [0.2, 0.25) is 8.32 Å². The van der Waals surface area contributed by atoms with Crippen LogP contribution in [-0.2, 0) is 0 Å². The molecule has 0 amide bonds. The van der Waals surface area contributed by atoms with Gasteiger partial charge in [0.05, 0.1) is 0 Å². The van der Waals surface area contributed by atoms with Crippen LogP contribution in [0.2, 0.25) is 18.1 Å². The third-order valence-corrected chi connectivity index (χ3v) is 8.55. The highest BCUT2D eigenvalue weighted by Gasteiger charge is 2.38. The van der Waals surface area contributed by atoms with Crippen molar-refractivity contribution in [3.63, 3.8) is 0 Å². The highest BCUT2D eigenvalue weighted by atomic mass is 28.4. The molecule has 0 saturated heterocycles. The number of halogens is 1. The Hall–Kier alpha value is -2.05. The van der Waals surface area contributed by atoms with Crippen LogP contribution in [0.3, 0.4) is 0 Å². The number of rotatable bonds is 2. The lowest BCUT2D eigenvalue weighted by Gasteiger charge is -2.36. The minimum Gasteiger partial charge on any atom is -0.543 e. The molecule has 0 atom stereocenters. The average molecular weight is 326 g/mol. The third kappa shape index (κ3) is 4.71. The van der Waals surface area contributed by atoms with Crippen LogP contribution in [0.25, 0.3) is 0 Å². The SMILES string of the molecule is CC(C)(C)[Si](C)(C)Oc1cccc(C#Cc2cccc(F)c2)c1. The molecule has 0 aliphatic carbocycles. The summed E-state index contributed by atoms with van der Waals surface area (Å²) in [4.78, 5) is 0. The first-order valence-corrected chi connectivity index (χ1v) is 10.6. The summed E-state index contributed by atoms with van der Waals surface area (Å²) in [5.74, 6) is 6.64. The Kier molecular flexibility index (Phi) is 4.96. The van der Waals surface area contributed by atoms with Crippen LogP contribution in [0.4, 0.5) is 4.39 Å². The maximum Gasteiger partial charge on any atom is 0.250 e. The molecule has 0 radical (unpaired) electrons. The van der Waals surface area contributed by atoms with Gasteiger partial charge in [-0.3, -0.25) is 0 Å². The van der Waals surface area contributed by atoms with Gasteiger partial charge in [0.1, 0.15) is 11.6 Å². The lowest BCUT2D eigenvalue weighted by molar-refractivity contribution is 0.492. The maximum atomic E-state index is 13.2. The molecule has 0 spiro atoms. The quantitative estimate of drug-likeness (QED) is 0.515. The predicted octanol–water partition coefficient (Wildman–Crippen LogP) is 5.61. The standard InChI is InChI=1S/C20H23FOSi/c1-20(2,3)23(4,5)22-19-11-7-9-17(15-19)13-12-16-8-6-10-18(21)14-16/h6-11,14-15H,1-5H3. The summed E-state index contributed by atoms with van der Waals surface area (Å²) < 4.78 is 19.5. The maximum absolute atomic E-state index is 13.2. The molecule has 0 aliphatic heterocycles. The molecule has 23 heavy (non-hydrogen) atoms. The van der Waals surface area contributed by atoms with Crippen molar-refractivity contribution in [2.45, 2.75) is 38.9 Å². The van der Waals surface area contributed by atoms with Gasteiger partial charge in [0.15, 0.2) is 0 Å². The lowest BCUT2D eigenvalue weighted by atomic mass is 10.2. The Balaban J connectivity index is 2.21. The van der Waals surface area contributed by atoms with E-state index in [4.69, 9.17) is 4.43 Å². The Bertz CT molecular complexity index is 748. The van der Waals surface area contributed by atoms with Gasteiger partial charge in [-0.15, -0.1) is 0 Å². The number of benzene rings is 2. The fraction of sp³-hybridized carbons (Fsp3) is 0.300. The molecular weight excluding hydrogens is 303 g/mol. The Labute approximate surface area is 139 Å². The summed E-state index contributed by atoms with van der Waals surface area (Å²) in [6.07, 6.45) is 0.